The molecule has 0 radical (unpaired) electrons. The molecule has 0 aliphatic heterocycles. The number of nitrogens with two attached hydrogens (primary N) is 1. The van der Waals surface area contributed by atoms with Crippen molar-refractivity contribution in [2.24, 2.45) is 0 Å². The van der Waals surface area contributed by atoms with Crippen LogP contribution in [0.3, 0.4) is 0 Å². The zero-order valence-electron chi connectivity index (χ0n) is 10.7. The molecule has 1 heterocycles. The molecule has 2 aromatic rings. The number of likely N-dealkylation sites (N-methyl/N-ethyl adjacent to an activating group) is 1. The highest BCUT2D eigenvalue weighted by molar-refractivity contribution is 5.28. The fourth-order valence-corrected chi connectivity index (χ4v) is 1.87. The van der Waals surface area contributed by atoms with Gasteiger partial charge in [-0.15, -0.1) is 0 Å². The summed E-state index contributed by atoms with van der Waals surface area (Å²) in [5.74, 6) is -0.602. The number of benzene rings is 1. The summed E-state index contributed by atoms with van der Waals surface area (Å²) in [5, 5.41) is 6.65. The molecule has 1 aromatic heterocycles. The Balaban J connectivity index is 1.87. The predicted molar refractivity (Wildman–Crippen MR) is 69.4 cm³/mol. The number of halogens is 2. The van der Waals surface area contributed by atoms with E-state index in [0.717, 1.165) is 11.8 Å². The molecule has 0 bridgehead atoms. The fraction of sp³-hybridized carbons (Fsp3) is 0.308. The maximum absolute atomic E-state index is 13.4. The molecule has 4 nitrogen and oxygen atoms in total. The van der Waals surface area contributed by atoms with E-state index in [2.05, 4.69) is 10.2 Å². The Kier molecular flexibility index (Phi) is 4.11. The molecule has 0 amide bonds. The lowest BCUT2D eigenvalue weighted by atomic mass is 10.1. The van der Waals surface area contributed by atoms with Gasteiger partial charge in [0.2, 0.25) is 0 Å². The van der Waals surface area contributed by atoms with Crippen LogP contribution in [0.4, 0.5) is 14.6 Å². The first-order valence-corrected chi connectivity index (χ1v) is 5.97. The molecular weight excluding hydrogens is 250 g/mol. The molecule has 0 unspecified atom stereocenters. The van der Waals surface area contributed by atoms with Gasteiger partial charge in [-0.3, -0.25) is 5.10 Å². The Morgan fingerprint density at radius 1 is 1.32 bits per heavy atom. The maximum atomic E-state index is 13.4. The zero-order chi connectivity index (χ0) is 13.8. The number of nitrogens with zero attached hydrogens (tertiary/aromatic N) is 2. The van der Waals surface area contributed by atoms with E-state index >= 15 is 0 Å². The number of rotatable bonds is 5. The number of aromatic amines is 1. The third kappa shape index (κ3) is 3.75. The van der Waals surface area contributed by atoms with E-state index in [9.17, 15) is 8.78 Å². The largest absolute Gasteiger partial charge is 0.382 e. The molecule has 0 atom stereocenters. The predicted octanol–water partition coefficient (Wildman–Crippen LogP) is 1.94. The van der Waals surface area contributed by atoms with E-state index in [1.165, 1.54) is 12.1 Å². The molecule has 0 saturated carbocycles. The van der Waals surface area contributed by atoms with Crippen molar-refractivity contribution in [1.29, 1.82) is 0 Å². The van der Waals surface area contributed by atoms with E-state index < -0.39 is 11.6 Å². The summed E-state index contributed by atoms with van der Waals surface area (Å²) in [4.78, 5) is 2.01. The van der Waals surface area contributed by atoms with Crippen LogP contribution in [0.15, 0.2) is 24.3 Å². The Bertz CT molecular complexity index is 553. The quantitative estimate of drug-likeness (QED) is 0.869. The van der Waals surface area contributed by atoms with Crippen molar-refractivity contribution in [3.8, 4) is 0 Å². The van der Waals surface area contributed by atoms with Gasteiger partial charge in [-0.25, -0.2) is 8.78 Å². The van der Waals surface area contributed by atoms with Crippen molar-refractivity contribution in [1.82, 2.24) is 15.1 Å². The molecule has 1 aromatic carbocycles. The molecule has 6 heteroatoms. The van der Waals surface area contributed by atoms with E-state index in [0.29, 0.717) is 30.9 Å². The Hall–Kier alpha value is -1.95. The molecule has 0 spiro atoms. The summed E-state index contributed by atoms with van der Waals surface area (Å²) in [6.07, 6.45) is 0.520. The van der Waals surface area contributed by atoms with Gasteiger partial charge < -0.3 is 10.6 Å². The van der Waals surface area contributed by atoms with Crippen LogP contribution in [0.25, 0.3) is 0 Å². The van der Waals surface area contributed by atoms with Crippen LogP contribution in [0.1, 0.15) is 11.3 Å². The minimum Gasteiger partial charge on any atom is -0.382 e. The van der Waals surface area contributed by atoms with E-state index in [1.807, 2.05) is 11.9 Å². The molecule has 0 saturated heterocycles. The number of nitrogen functional groups attached to an aromatic ring is 1. The number of hydrogen-bond donors (Lipinski definition) is 2. The van der Waals surface area contributed by atoms with Gasteiger partial charge in [0.15, 0.2) is 0 Å². The highest BCUT2D eigenvalue weighted by Crippen LogP contribution is 2.11. The van der Waals surface area contributed by atoms with E-state index in [4.69, 9.17) is 5.73 Å². The summed E-state index contributed by atoms with van der Waals surface area (Å²) < 4.78 is 26.2. The summed E-state index contributed by atoms with van der Waals surface area (Å²) >= 11 is 0. The minimum atomic E-state index is -0.553. The smallest absolute Gasteiger partial charge is 0.145 e. The van der Waals surface area contributed by atoms with Gasteiger partial charge in [-0.05, 0) is 25.1 Å². The topological polar surface area (TPSA) is 57.9 Å². The standard InChI is InChI=1S/C13H16F2N4/c1-19(8-11-7-13(16)18-17-11)5-4-9-2-3-10(14)6-12(9)15/h2-3,6-7H,4-5,8H2,1H3,(H3,16,17,18). The van der Waals surface area contributed by atoms with Crippen molar-refractivity contribution in [3.63, 3.8) is 0 Å². The average Bonchev–Trinajstić information content (AvgIpc) is 2.73. The highest BCUT2D eigenvalue weighted by Gasteiger charge is 2.07. The molecule has 102 valence electrons. The monoisotopic (exact) mass is 266 g/mol. The van der Waals surface area contributed by atoms with Crippen LogP contribution < -0.4 is 5.73 Å². The summed E-state index contributed by atoms with van der Waals surface area (Å²) in [5.41, 5.74) is 6.92. The Morgan fingerprint density at radius 2 is 2.11 bits per heavy atom. The molecular formula is C13H16F2N4. The van der Waals surface area contributed by atoms with Gasteiger partial charge in [0.1, 0.15) is 17.5 Å². The van der Waals surface area contributed by atoms with Crippen LogP contribution in [0, 0.1) is 11.6 Å². The first kappa shape index (κ1) is 13.5. The highest BCUT2D eigenvalue weighted by atomic mass is 19.1. The second kappa shape index (κ2) is 5.79. The number of aromatic nitrogens is 2. The molecule has 0 aliphatic carbocycles. The Labute approximate surface area is 110 Å². The van der Waals surface area contributed by atoms with Gasteiger partial charge in [0, 0.05) is 25.2 Å². The zero-order valence-corrected chi connectivity index (χ0v) is 10.7. The van der Waals surface area contributed by atoms with Crippen LogP contribution in [-0.2, 0) is 13.0 Å². The second-order valence-electron chi connectivity index (χ2n) is 4.54. The first-order valence-electron chi connectivity index (χ1n) is 5.97. The number of H-pyrrole nitrogens is 1. The van der Waals surface area contributed by atoms with Crippen molar-refractivity contribution in [2.75, 3.05) is 19.3 Å². The van der Waals surface area contributed by atoms with Gasteiger partial charge in [0.25, 0.3) is 0 Å². The summed E-state index contributed by atoms with van der Waals surface area (Å²) in [6, 6.07) is 5.42. The van der Waals surface area contributed by atoms with Crippen molar-refractivity contribution >= 4 is 5.82 Å². The fourth-order valence-electron chi connectivity index (χ4n) is 1.87. The summed E-state index contributed by atoms with van der Waals surface area (Å²) in [6.45, 7) is 1.30. The number of nitrogens with one attached hydrogen (secondary N) is 1. The lowest BCUT2D eigenvalue weighted by Gasteiger charge is -2.15. The second-order valence-corrected chi connectivity index (χ2v) is 4.54. The molecule has 0 aliphatic rings. The number of hydrogen-bond acceptors (Lipinski definition) is 3. The molecule has 2 rings (SSSR count). The summed E-state index contributed by atoms with van der Waals surface area (Å²) in [7, 11) is 1.92. The third-order valence-corrected chi connectivity index (χ3v) is 2.87. The molecule has 0 fully saturated rings. The SMILES string of the molecule is CN(CCc1ccc(F)cc1F)Cc1cc(N)n[nH]1. The van der Waals surface area contributed by atoms with Crippen LogP contribution in [0.5, 0.6) is 0 Å². The molecule has 3 N–H and O–H groups in total. The first-order chi connectivity index (χ1) is 9.04. The van der Waals surface area contributed by atoms with Crippen LogP contribution >= 0.6 is 0 Å². The van der Waals surface area contributed by atoms with E-state index in [1.54, 1.807) is 6.07 Å². The minimum absolute atomic E-state index is 0.452. The van der Waals surface area contributed by atoms with Gasteiger partial charge in [-0.2, -0.15) is 5.10 Å². The average molecular weight is 266 g/mol. The number of anilines is 1. The lowest BCUT2D eigenvalue weighted by Crippen LogP contribution is -2.21. The lowest BCUT2D eigenvalue weighted by molar-refractivity contribution is 0.325. The van der Waals surface area contributed by atoms with E-state index in [-0.39, 0.29) is 0 Å². The van der Waals surface area contributed by atoms with Crippen molar-refractivity contribution in [2.45, 2.75) is 13.0 Å². The van der Waals surface area contributed by atoms with Crippen LogP contribution in [0.2, 0.25) is 0 Å². The van der Waals surface area contributed by atoms with Crippen molar-refractivity contribution < 1.29 is 8.78 Å². The maximum Gasteiger partial charge on any atom is 0.145 e. The molecule has 19 heavy (non-hydrogen) atoms. The van der Waals surface area contributed by atoms with Gasteiger partial charge >= 0.3 is 0 Å². The van der Waals surface area contributed by atoms with Gasteiger partial charge in [0.05, 0.1) is 5.69 Å². The normalized spacial score (nSPS) is 11.2. The van der Waals surface area contributed by atoms with Crippen molar-refractivity contribution in [3.05, 3.63) is 47.2 Å². The van der Waals surface area contributed by atoms with Gasteiger partial charge in [-0.1, -0.05) is 6.07 Å². The Morgan fingerprint density at radius 3 is 2.74 bits per heavy atom. The third-order valence-electron chi connectivity index (χ3n) is 2.87. The van der Waals surface area contributed by atoms with Crippen LogP contribution in [-0.4, -0.2) is 28.7 Å².